The maximum Gasteiger partial charge on any atom is 0.410 e. The summed E-state index contributed by atoms with van der Waals surface area (Å²) in [6.07, 6.45) is -0.827. The Hall–Kier alpha value is -2.59. The molecule has 7 nitrogen and oxygen atoms in total. The van der Waals surface area contributed by atoms with E-state index in [0.717, 1.165) is 5.56 Å². The molecule has 2 aliphatic rings. The van der Waals surface area contributed by atoms with E-state index in [1.165, 1.54) is 4.90 Å². The molecule has 138 valence electrons. The Morgan fingerprint density at radius 3 is 2.62 bits per heavy atom. The first-order valence-corrected chi connectivity index (χ1v) is 8.53. The Balaban J connectivity index is 1.62. The van der Waals surface area contributed by atoms with Gasteiger partial charge in [0, 0.05) is 6.54 Å². The minimum absolute atomic E-state index is 0.0691. The van der Waals surface area contributed by atoms with Crippen LogP contribution in [-0.2, 0) is 25.6 Å². The van der Waals surface area contributed by atoms with Gasteiger partial charge in [0.2, 0.25) is 0 Å². The fourth-order valence-electron chi connectivity index (χ4n) is 3.20. The van der Waals surface area contributed by atoms with Crippen molar-refractivity contribution in [2.24, 2.45) is 5.92 Å². The number of hydrogen-bond donors (Lipinski definition) is 0. The zero-order valence-electron chi connectivity index (χ0n) is 15.1. The zero-order valence-corrected chi connectivity index (χ0v) is 15.1. The molecule has 0 saturated carbocycles. The van der Waals surface area contributed by atoms with Crippen LogP contribution in [0.3, 0.4) is 0 Å². The van der Waals surface area contributed by atoms with Crippen LogP contribution in [0, 0.1) is 17.2 Å². The molecule has 0 spiro atoms. The molecule has 0 unspecified atom stereocenters. The number of ether oxygens (including phenoxy) is 3. The lowest BCUT2D eigenvalue weighted by atomic mass is 9.79. The summed E-state index contributed by atoms with van der Waals surface area (Å²) in [5.41, 5.74) is -1.44. The van der Waals surface area contributed by atoms with Gasteiger partial charge in [-0.05, 0) is 26.3 Å². The van der Waals surface area contributed by atoms with Gasteiger partial charge in [-0.3, -0.25) is 0 Å². The summed E-state index contributed by atoms with van der Waals surface area (Å²) in [5.74, 6) is -1.13. The molecule has 0 aliphatic carbocycles. The number of amides is 1. The summed E-state index contributed by atoms with van der Waals surface area (Å²) >= 11 is 0. The Bertz CT molecular complexity index is 737. The lowest BCUT2D eigenvalue weighted by Crippen LogP contribution is -2.63. The van der Waals surface area contributed by atoms with Crippen LogP contribution in [0.5, 0.6) is 0 Å². The number of carbonyl (C=O) groups is 2. The molecule has 1 aromatic rings. The molecule has 3 rings (SSSR count). The molecule has 3 atom stereocenters. The van der Waals surface area contributed by atoms with Gasteiger partial charge < -0.3 is 19.1 Å². The first-order chi connectivity index (χ1) is 12.2. The van der Waals surface area contributed by atoms with Gasteiger partial charge in [0.1, 0.15) is 18.3 Å². The van der Waals surface area contributed by atoms with E-state index in [0.29, 0.717) is 6.54 Å². The van der Waals surface area contributed by atoms with E-state index >= 15 is 0 Å². The number of benzene rings is 1. The maximum atomic E-state index is 12.5. The van der Waals surface area contributed by atoms with Crippen molar-refractivity contribution in [3.8, 4) is 6.07 Å². The van der Waals surface area contributed by atoms with Crippen molar-refractivity contribution in [3.05, 3.63) is 35.9 Å². The van der Waals surface area contributed by atoms with Crippen LogP contribution in [0.2, 0.25) is 0 Å². The number of likely N-dealkylation sites (tertiary alicyclic amines) is 1. The minimum Gasteiger partial charge on any atom is -0.458 e. The third-order valence-electron chi connectivity index (χ3n) is 4.46. The normalized spacial score (nSPS) is 27.1. The molecule has 1 amide bonds. The fraction of sp³-hybridized carbons (Fsp3) is 0.526. The number of hydrogen-bond acceptors (Lipinski definition) is 6. The van der Waals surface area contributed by atoms with Gasteiger partial charge in [0.25, 0.3) is 5.60 Å². The molecule has 2 fully saturated rings. The summed E-state index contributed by atoms with van der Waals surface area (Å²) in [7, 11) is 0. The molecule has 1 aromatic carbocycles. The molecule has 0 radical (unpaired) electrons. The minimum atomic E-state index is -1.66. The predicted molar refractivity (Wildman–Crippen MR) is 90.8 cm³/mol. The van der Waals surface area contributed by atoms with Gasteiger partial charge >= 0.3 is 12.1 Å². The zero-order chi connectivity index (χ0) is 18.9. The van der Waals surface area contributed by atoms with Crippen molar-refractivity contribution in [1.29, 1.82) is 5.26 Å². The highest BCUT2D eigenvalue weighted by molar-refractivity contribution is 5.85. The Kier molecular flexibility index (Phi) is 4.63. The molecule has 0 bridgehead atoms. The Morgan fingerprint density at radius 2 is 2.00 bits per heavy atom. The predicted octanol–water partition coefficient (Wildman–Crippen LogP) is 2.26. The number of nitrogens with zero attached hydrogens (tertiary/aromatic N) is 2. The van der Waals surface area contributed by atoms with Crippen LogP contribution in [0.1, 0.15) is 26.3 Å². The van der Waals surface area contributed by atoms with E-state index in [1.54, 1.807) is 20.8 Å². The van der Waals surface area contributed by atoms with E-state index in [9.17, 15) is 14.9 Å². The van der Waals surface area contributed by atoms with E-state index in [2.05, 4.69) is 0 Å². The standard InChI is InChI=1S/C19H22N2O5/c1-18(2,3)26-17(23)21-9-14-15(10-21)25-19(14,12-20)16(22)24-11-13-7-5-4-6-8-13/h4-8,14-15H,9-11H2,1-3H3/t14-,15+,19-/m1/s1. The molecule has 26 heavy (non-hydrogen) atoms. The fourth-order valence-corrected chi connectivity index (χ4v) is 3.20. The Labute approximate surface area is 152 Å². The molecule has 2 saturated heterocycles. The lowest BCUT2D eigenvalue weighted by molar-refractivity contribution is -0.227. The summed E-state index contributed by atoms with van der Waals surface area (Å²) in [5, 5.41) is 9.55. The van der Waals surface area contributed by atoms with Crippen molar-refractivity contribution in [2.75, 3.05) is 13.1 Å². The monoisotopic (exact) mass is 358 g/mol. The number of rotatable bonds is 3. The molecule has 0 N–H and O–H groups in total. The maximum absolute atomic E-state index is 12.5. The summed E-state index contributed by atoms with van der Waals surface area (Å²) < 4.78 is 16.2. The van der Waals surface area contributed by atoms with Crippen molar-refractivity contribution in [2.45, 2.75) is 44.7 Å². The van der Waals surface area contributed by atoms with Gasteiger partial charge in [-0.15, -0.1) is 0 Å². The number of esters is 1. The van der Waals surface area contributed by atoms with E-state index in [4.69, 9.17) is 14.2 Å². The molecule has 0 aromatic heterocycles. The topological polar surface area (TPSA) is 88.9 Å². The first-order valence-electron chi connectivity index (χ1n) is 8.53. The summed E-state index contributed by atoms with van der Waals surface area (Å²) in [6, 6.07) is 11.2. The largest absolute Gasteiger partial charge is 0.458 e. The summed E-state index contributed by atoms with van der Waals surface area (Å²) in [6.45, 7) is 5.95. The Morgan fingerprint density at radius 1 is 1.31 bits per heavy atom. The van der Waals surface area contributed by atoms with Crippen LogP contribution in [0.4, 0.5) is 4.79 Å². The van der Waals surface area contributed by atoms with Gasteiger partial charge in [-0.2, -0.15) is 5.26 Å². The van der Waals surface area contributed by atoms with Gasteiger partial charge in [0.15, 0.2) is 0 Å². The molecule has 2 heterocycles. The third kappa shape index (κ3) is 3.37. The number of carbonyl (C=O) groups excluding carboxylic acids is 2. The van der Waals surface area contributed by atoms with Gasteiger partial charge in [0.05, 0.1) is 18.6 Å². The van der Waals surface area contributed by atoms with Crippen molar-refractivity contribution in [3.63, 3.8) is 0 Å². The molecule has 7 heteroatoms. The number of fused-ring (bicyclic) bond motifs is 1. The highest BCUT2D eigenvalue weighted by Gasteiger charge is 2.66. The van der Waals surface area contributed by atoms with Crippen LogP contribution < -0.4 is 0 Å². The van der Waals surface area contributed by atoms with E-state index in [1.807, 2.05) is 36.4 Å². The average molecular weight is 358 g/mol. The van der Waals surface area contributed by atoms with Gasteiger partial charge in [-0.1, -0.05) is 30.3 Å². The third-order valence-corrected chi connectivity index (χ3v) is 4.46. The van der Waals surface area contributed by atoms with Crippen molar-refractivity contribution >= 4 is 12.1 Å². The highest BCUT2D eigenvalue weighted by atomic mass is 16.6. The second-order valence-electron chi connectivity index (χ2n) is 7.56. The van der Waals surface area contributed by atoms with Crippen LogP contribution >= 0.6 is 0 Å². The highest BCUT2D eigenvalue weighted by Crippen LogP contribution is 2.45. The SMILES string of the molecule is CC(C)(C)OC(=O)N1C[C@@H]2O[C@@](C#N)(C(=O)OCc3ccccc3)[C@@H]2C1. The van der Waals surface area contributed by atoms with Crippen LogP contribution in [-0.4, -0.2) is 47.4 Å². The van der Waals surface area contributed by atoms with Crippen molar-refractivity contribution in [1.82, 2.24) is 4.90 Å². The van der Waals surface area contributed by atoms with Gasteiger partial charge in [-0.25, -0.2) is 9.59 Å². The first kappa shape index (κ1) is 18.2. The molecular formula is C19H22N2O5. The number of nitriles is 1. The van der Waals surface area contributed by atoms with Crippen LogP contribution in [0.25, 0.3) is 0 Å². The molecular weight excluding hydrogens is 336 g/mol. The van der Waals surface area contributed by atoms with E-state index < -0.39 is 29.2 Å². The average Bonchev–Trinajstić information content (AvgIpc) is 2.92. The smallest absolute Gasteiger partial charge is 0.410 e. The van der Waals surface area contributed by atoms with Crippen molar-refractivity contribution < 1.29 is 23.8 Å². The molecule has 2 aliphatic heterocycles. The second kappa shape index (κ2) is 6.61. The summed E-state index contributed by atoms with van der Waals surface area (Å²) in [4.78, 5) is 26.2. The van der Waals surface area contributed by atoms with Crippen LogP contribution in [0.15, 0.2) is 30.3 Å². The second-order valence-corrected chi connectivity index (χ2v) is 7.56. The van der Waals surface area contributed by atoms with E-state index in [-0.39, 0.29) is 19.3 Å². The quantitative estimate of drug-likeness (QED) is 0.770. The lowest BCUT2D eigenvalue weighted by Gasteiger charge is -2.43.